The minimum Gasteiger partial charge on any atom is -0.462 e. The number of ether oxygens (including phenoxy) is 1. The predicted molar refractivity (Wildman–Crippen MR) is 155 cm³/mol. The summed E-state index contributed by atoms with van der Waals surface area (Å²) in [4.78, 5) is 44.6. The maximum absolute atomic E-state index is 13.3. The van der Waals surface area contributed by atoms with Gasteiger partial charge in [0.15, 0.2) is 5.17 Å². The molecule has 196 valence electrons. The monoisotopic (exact) mass is 613 g/mol. The minimum absolute atomic E-state index is 0.0501. The number of hydrogen-bond donors (Lipinski definition) is 1. The van der Waals surface area contributed by atoms with Crippen LogP contribution in [-0.2, 0) is 20.7 Å². The van der Waals surface area contributed by atoms with Crippen LogP contribution >= 0.6 is 39.3 Å². The van der Waals surface area contributed by atoms with Crippen LogP contribution in [0.3, 0.4) is 0 Å². The van der Waals surface area contributed by atoms with Gasteiger partial charge in [-0.1, -0.05) is 51.4 Å². The van der Waals surface area contributed by atoms with Gasteiger partial charge >= 0.3 is 5.97 Å². The third-order valence-corrected chi connectivity index (χ3v) is 7.65. The molecule has 1 atom stereocenters. The standard InChI is InChI=1S/C28H25BrClN3O4S/c1-2-37-27(36)19-5-11-23(12-6-19)32-28-33(16-15-18-3-9-21(30)10-4-18)25(34)17-24(38-28)26(35)31-22-13-7-20(29)8-14-22/h3-14,24H,2,15-17H2,1H3,(H,31,35). The van der Waals surface area contributed by atoms with Crippen LogP contribution in [0.1, 0.15) is 29.3 Å². The second-order valence-electron chi connectivity index (χ2n) is 8.39. The van der Waals surface area contributed by atoms with Crippen molar-refractivity contribution in [1.29, 1.82) is 0 Å². The van der Waals surface area contributed by atoms with E-state index in [4.69, 9.17) is 21.3 Å². The fraction of sp³-hybridized carbons (Fsp3) is 0.214. The molecule has 1 fully saturated rings. The molecule has 1 heterocycles. The van der Waals surface area contributed by atoms with E-state index in [0.29, 0.717) is 40.1 Å². The number of aliphatic imine (C=N–C) groups is 1. The zero-order valence-electron chi connectivity index (χ0n) is 20.5. The van der Waals surface area contributed by atoms with Gasteiger partial charge in [0.25, 0.3) is 0 Å². The summed E-state index contributed by atoms with van der Waals surface area (Å²) in [5.74, 6) is -0.868. The highest BCUT2D eigenvalue weighted by Gasteiger charge is 2.35. The number of amides is 2. The summed E-state index contributed by atoms with van der Waals surface area (Å²) in [5, 5.41) is 3.31. The molecule has 38 heavy (non-hydrogen) atoms. The average Bonchev–Trinajstić information content (AvgIpc) is 2.91. The maximum atomic E-state index is 13.3. The Morgan fingerprint density at radius 1 is 1.08 bits per heavy atom. The van der Waals surface area contributed by atoms with Crippen molar-refractivity contribution >= 4 is 73.6 Å². The van der Waals surface area contributed by atoms with E-state index in [0.717, 1.165) is 10.0 Å². The van der Waals surface area contributed by atoms with Crippen molar-refractivity contribution in [2.24, 2.45) is 4.99 Å². The second-order valence-corrected chi connectivity index (χ2v) is 10.9. The van der Waals surface area contributed by atoms with Gasteiger partial charge in [-0.2, -0.15) is 0 Å². The van der Waals surface area contributed by atoms with Crippen LogP contribution in [-0.4, -0.2) is 46.3 Å². The van der Waals surface area contributed by atoms with Crippen LogP contribution in [0.2, 0.25) is 5.02 Å². The third-order valence-electron chi connectivity index (χ3n) is 5.68. The molecule has 7 nitrogen and oxygen atoms in total. The Bertz CT molecular complexity index is 1330. The summed E-state index contributed by atoms with van der Waals surface area (Å²) in [6, 6.07) is 21.3. The van der Waals surface area contributed by atoms with Crippen LogP contribution in [0.15, 0.2) is 82.3 Å². The number of nitrogens with one attached hydrogen (secondary N) is 1. The van der Waals surface area contributed by atoms with Crippen molar-refractivity contribution in [3.8, 4) is 0 Å². The van der Waals surface area contributed by atoms with Crippen LogP contribution in [0.5, 0.6) is 0 Å². The number of amidine groups is 1. The molecule has 0 saturated carbocycles. The highest BCUT2D eigenvalue weighted by Crippen LogP contribution is 2.30. The molecule has 1 aliphatic rings. The van der Waals surface area contributed by atoms with Crippen LogP contribution in [0.4, 0.5) is 11.4 Å². The number of carbonyl (C=O) groups excluding carboxylic acids is 3. The maximum Gasteiger partial charge on any atom is 0.338 e. The lowest BCUT2D eigenvalue weighted by molar-refractivity contribution is -0.129. The fourth-order valence-corrected chi connectivity index (χ4v) is 5.22. The lowest BCUT2D eigenvalue weighted by Crippen LogP contribution is -2.46. The molecule has 0 aromatic heterocycles. The summed E-state index contributed by atoms with van der Waals surface area (Å²) in [6.07, 6.45) is 0.647. The first-order valence-corrected chi connectivity index (χ1v) is 14.0. The van der Waals surface area contributed by atoms with Crippen molar-refractivity contribution in [1.82, 2.24) is 4.90 Å². The Labute approximate surface area is 238 Å². The summed E-state index contributed by atoms with van der Waals surface area (Å²) < 4.78 is 5.94. The number of anilines is 1. The van der Waals surface area contributed by atoms with Crippen molar-refractivity contribution in [3.63, 3.8) is 0 Å². The number of halogens is 2. The smallest absolute Gasteiger partial charge is 0.338 e. The Balaban J connectivity index is 1.55. The summed E-state index contributed by atoms with van der Waals surface area (Å²) >= 11 is 10.6. The van der Waals surface area contributed by atoms with Gasteiger partial charge in [0.2, 0.25) is 11.8 Å². The van der Waals surface area contributed by atoms with E-state index < -0.39 is 11.2 Å². The molecule has 0 aliphatic carbocycles. The lowest BCUT2D eigenvalue weighted by atomic mass is 10.1. The molecule has 1 saturated heterocycles. The Morgan fingerprint density at radius 2 is 1.76 bits per heavy atom. The molecule has 0 bridgehead atoms. The average molecular weight is 615 g/mol. The molecule has 2 amide bonds. The first-order valence-electron chi connectivity index (χ1n) is 12.0. The second kappa shape index (κ2) is 13.1. The van der Waals surface area contributed by atoms with E-state index in [9.17, 15) is 14.4 Å². The largest absolute Gasteiger partial charge is 0.462 e. The number of esters is 1. The molecule has 3 aromatic rings. The topological polar surface area (TPSA) is 88.1 Å². The van der Waals surface area contributed by atoms with Crippen LogP contribution < -0.4 is 5.32 Å². The van der Waals surface area contributed by atoms with E-state index in [1.165, 1.54) is 11.8 Å². The SMILES string of the molecule is CCOC(=O)c1ccc(N=C2SC(C(=O)Nc3ccc(Br)cc3)CC(=O)N2CCc2ccc(Cl)cc2)cc1. The van der Waals surface area contributed by atoms with Crippen LogP contribution in [0, 0.1) is 0 Å². The van der Waals surface area contributed by atoms with Gasteiger partial charge in [-0.05, 0) is 79.6 Å². The molecule has 1 N–H and O–H groups in total. The van der Waals surface area contributed by atoms with E-state index in [1.54, 1.807) is 48.2 Å². The molecule has 1 aliphatic heterocycles. The zero-order chi connectivity index (χ0) is 27.1. The number of carbonyl (C=O) groups is 3. The number of nitrogens with zero attached hydrogens (tertiary/aromatic N) is 2. The van der Waals surface area contributed by atoms with E-state index >= 15 is 0 Å². The number of benzene rings is 3. The first kappa shape index (κ1) is 27.9. The van der Waals surface area contributed by atoms with E-state index in [-0.39, 0.29) is 24.8 Å². The summed E-state index contributed by atoms with van der Waals surface area (Å²) in [7, 11) is 0. The van der Waals surface area contributed by atoms with E-state index in [2.05, 4.69) is 21.2 Å². The van der Waals surface area contributed by atoms with Gasteiger partial charge in [0.1, 0.15) is 5.25 Å². The normalized spacial score (nSPS) is 16.4. The summed E-state index contributed by atoms with van der Waals surface area (Å²) in [5.41, 5.74) is 2.64. The number of thioether (sulfide) groups is 1. The fourth-order valence-electron chi connectivity index (χ4n) is 3.71. The molecule has 1 unspecified atom stereocenters. The molecular weight excluding hydrogens is 590 g/mol. The molecule has 0 spiro atoms. The highest BCUT2D eigenvalue weighted by atomic mass is 79.9. The van der Waals surface area contributed by atoms with Crippen molar-refractivity contribution in [3.05, 3.63) is 93.4 Å². The number of rotatable bonds is 8. The predicted octanol–water partition coefficient (Wildman–Crippen LogP) is 6.48. The molecular formula is C28H25BrClN3O4S. The van der Waals surface area contributed by atoms with Gasteiger partial charge in [0.05, 0.1) is 17.9 Å². The molecule has 10 heteroatoms. The van der Waals surface area contributed by atoms with Gasteiger partial charge in [-0.25, -0.2) is 9.79 Å². The molecule has 0 radical (unpaired) electrons. The minimum atomic E-state index is -0.643. The van der Waals surface area contributed by atoms with Crippen molar-refractivity contribution in [2.75, 3.05) is 18.5 Å². The first-order chi connectivity index (χ1) is 18.3. The third kappa shape index (κ3) is 7.46. The summed E-state index contributed by atoms with van der Waals surface area (Å²) in [6.45, 7) is 2.43. The Kier molecular flexibility index (Phi) is 9.60. The Hall–Kier alpha value is -3.14. The zero-order valence-corrected chi connectivity index (χ0v) is 23.7. The van der Waals surface area contributed by atoms with E-state index in [1.807, 2.05) is 36.4 Å². The van der Waals surface area contributed by atoms with Crippen LogP contribution in [0.25, 0.3) is 0 Å². The van der Waals surface area contributed by atoms with Crippen molar-refractivity contribution in [2.45, 2.75) is 25.0 Å². The lowest BCUT2D eigenvalue weighted by Gasteiger charge is -2.32. The van der Waals surface area contributed by atoms with Crippen molar-refractivity contribution < 1.29 is 19.1 Å². The highest BCUT2D eigenvalue weighted by molar-refractivity contribution is 9.10. The number of hydrogen-bond acceptors (Lipinski definition) is 6. The molecule has 4 rings (SSSR count). The Morgan fingerprint density at radius 3 is 2.42 bits per heavy atom. The quantitative estimate of drug-likeness (QED) is 0.294. The van der Waals surface area contributed by atoms with Gasteiger partial charge < -0.3 is 10.1 Å². The van der Waals surface area contributed by atoms with Gasteiger partial charge in [-0.15, -0.1) is 0 Å². The van der Waals surface area contributed by atoms with Gasteiger partial charge in [-0.3, -0.25) is 14.5 Å². The molecule has 3 aromatic carbocycles. The van der Waals surface area contributed by atoms with Gasteiger partial charge in [0, 0.05) is 28.1 Å².